The molecule has 0 aromatic rings. The molecule has 0 aliphatic carbocycles. The van der Waals surface area contributed by atoms with Crippen LogP contribution in [0.1, 0.15) is 6.92 Å². The molecule has 0 aromatic carbocycles. The van der Waals surface area contributed by atoms with E-state index in [-0.39, 0.29) is 11.4 Å². The van der Waals surface area contributed by atoms with Crippen LogP contribution in [0.2, 0.25) is 0 Å². The van der Waals surface area contributed by atoms with Crippen molar-refractivity contribution in [3.05, 3.63) is 19.1 Å². The Hall–Kier alpha value is -0.590. The minimum absolute atomic E-state index is 0.120. The standard InChI is InChI=1S/C5H6O/c1-4(2)5(3)6/h1H,2H2,3H3. The first-order valence-corrected chi connectivity index (χ1v) is 1.60. The molecule has 0 heterocycles. The second-order valence-corrected chi connectivity index (χ2v) is 1.08. The third-order valence-electron chi connectivity index (χ3n) is 0.452. The lowest BCUT2D eigenvalue weighted by molar-refractivity contribution is -0.113. The van der Waals surface area contributed by atoms with Crippen molar-refractivity contribution in [3.63, 3.8) is 0 Å². The fourth-order valence-electron chi connectivity index (χ4n) is 0. The van der Waals surface area contributed by atoms with E-state index in [2.05, 4.69) is 6.92 Å². The maximum absolute atomic E-state index is 9.92. The lowest BCUT2D eigenvalue weighted by Crippen LogP contribution is -1.87. The highest BCUT2D eigenvalue weighted by Crippen LogP contribution is 1.82. The van der Waals surface area contributed by atoms with E-state index in [0.717, 1.165) is 0 Å². The van der Waals surface area contributed by atoms with Crippen LogP contribution in [0.15, 0.2) is 5.57 Å². The Labute approximate surface area is 37.7 Å². The summed E-state index contributed by atoms with van der Waals surface area (Å²) in [4.78, 5) is 9.92. The van der Waals surface area contributed by atoms with Crippen LogP contribution in [0.5, 0.6) is 0 Å². The Kier molecular flexibility index (Phi) is 1.58. The molecule has 2 radical (unpaired) electrons. The first-order valence-electron chi connectivity index (χ1n) is 1.60. The molecule has 0 bridgehead atoms. The number of allylic oxidation sites excluding steroid dienone is 1. The zero-order valence-electron chi connectivity index (χ0n) is 3.69. The van der Waals surface area contributed by atoms with Gasteiger partial charge in [-0.25, -0.2) is 0 Å². The van der Waals surface area contributed by atoms with Crippen LogP contribution in [0.25, 0.3) is 0 Å². The van der Waals surface area contributed by atoms with Gasteiger partial charge in [0.15, 0.2) is 5.78 Å². The molecule has 0 saturated carbocycles. The lowest BCUT2D eigenvalue weighted by Gasteiger charge is -1.80. The number of rotatable bonds is 1. The Balaban J connectivity index is 3.57. The summed E-state index contributed by atoms with van der Waals surface area (Å²) in [6.45, 7) is 9.45. The third-order valence-corrected chi connectivity index (χ3v) is 0.452. The van der Waals surface area contributed by atoms with Crippen molar-refractivity contribution in [1.29, 1.82) is 0 Å². The minimum atomic E-state index is -0.157. The molecule has 1 heteroatoms. The number of ketones is 1. The van der Waals surface area contributed by atoms with Gasteiger partial charge >= 0.3 is 0 Å². The van der Waals surface area contributed by atoms with E-state index in [9.17, 15) is 4.79 Å². The van der Waals surface area contributed by atoms with Gasteiger partial charge in [0.25, 0.3) is 0 Å². The maximum Gasteiger partial charge on any atom is 0.155 e. The van der Waals surface area contributed by atoms with Crippen LogP contribution in [0.3, 0.4) is 0 Å². The molecule has 0 N–H and O–H groups in total. The van der Waals surface area contributed by atoms with Crippen LogP contribution in [0, 0.1) is 13.5 Å². The lowest BCUT2D eigenvalue weighted by atomic mass is 10.3. The van der Waals surface area contributed by atoms with Crippen molar-refractivity contribution in [3.8, 4) is 0 Å². The number of hydrogen-bond acceptors (Lipinski definition) is 1. The molecular weight excluding hydrogens is 76.1 g/mol. The first-order chi connectivity index (χ1) is 2.64. The third kappa shape index (κ3) is 1.70. The molecule has 0 spiro atoms. The summed E-state index contributed by atoms with van der Waals surface area (Å²) < 4.78 is 0. The van der Waals surface area contributed by atoms with E-state index in [0.29, 0.717) is 0 Å². The van der Waals surface area contributed by atoms with Crippen molar-refractivity contribution in [1.82, 2.24) is 0 Å². The fourth-order valence-corrected chi connectivity index (χ4v) is 0. The fraction of sp³-hybridized carbons (Fsp3) is 0.200. The van der Waals surface area contributed by atoms with E-state index in [4.69, 9.17) is 6.58 Å². The van der Waals surface area contributed by atoms with Crippen molar-refractivity contribution in [2.75, 3.05) is 0 Å². The van der Waals surface area contributed by atoms with Gasteiger partial charge in [-0.2, -0.15) is 0 Å². The van der Waals surface area contributed by atoms with Gasteiger partial charge < -0.3 is 0 Å². The van der Waals surface area contributed by atoms with Gasteiger partial charge in [0.05, 0.1) is 0 Å². The smallest absolute Gasteiger partial charge is 0.155 e. The molecular formula is C5H6O. The zero-order chi connectivity index (χ0) is 5.15. The second-order valence-electron chi connectivity index (χ2n) is 1.08. The summed E-state index contributed by atoms with van der Waals surface area (Å²) in [5.41, 5.74) is 0.120. The van der Waals surface area contributed by atoms with E-state index in [1.165, 1.54) is 6.92 Å². The van der Waals surface area contributed by atoms with E-state index >= 15 is 0 Å². The monoisotopic (exact) mass is 82.0 g/mol. The summed E-state index contributed by atoms with van der Waals surface area (Å²) >= 11 is 0. The van der Waals surface area contributed by atoms with Crippen molar-refractivity contribution in [2.45, 2.75) is 6.92 Å². The molecule has 0 aliphatic heterocycles. The number of hydrogen-bond donors (Lipinski definition) is 0. The van der Waals surface area contributed by atoms with Crippen molar-refractivity contribution < 1.29 is 4.79 Å². The normalized spacial score (nSPS) is 7.67. The average molecular weight is 82.1 g/mol. The highest BCUT2D eigenvalue weighted by atomic mass is 16.1. The summed E-state index contributed by atoms with van der Waals surface area (Å²) in [5.74, 6) is -0.157. The zero-order valence-corrected chi connectivity index (χ0v) is 3.69. The molecule has 32 valence electrons. The second kappa shape index (κ2) is 1.75. The molecule has 6 heavy (non-hydrogen) atoms. The van der Waals surface area contributed by atoms with Gasteiger partial charge in [0, 0.05) is 0 Å². The van der Waals surface area contributed by atoms with E-state index in [1.54, 1.807) is 0 Å². The summed E-state index contributed by atoms with van der Waals surface area (Å²) in [7, 11) is 0. The summed E-state index contributed by atoms with van der Waals surface area (Å²) in [6, 6.07) is 0. The molecule has 0 fully saturated rings. The highest BCUT2D eigenvalue weighted by molar-refractivity contribution is 5.92. The molecule has 0 aliphatic rings. The molecule has 0 amide bonds. The predicted octanol–water partition coefficient (Wildman–Crippen LogP) is 0.769. The Bertz CT molecular complexity index is 69.9. The van der Waals surface area contributed by atoms with Crippen LogP contribution in [0.4, 0.5) is 0 Å². The quantitative estimate of drug-likeness (QED) is 0.427. The first kappa shape index (κ1) is 5.41. The Morgan fingerprint density at radius 3 is 2.00 bits per heavy atom. The molecule has 0 rings (SSSR count). The van der Waals surface area contributed by atoms with Gasteiger partial charge in [0.2, 0.25) is 0 Å². The van der Waals surface area contributed by atoms with Crippen LogP contribution in [-0.4, -0.2) is 5.78 Å². The largest absolute Gasteiger partial charge is 0.295 e. The highest BCUT2D eigenvalue weighted by Gasteiger charge is 1.86. The minimum Gasteiger partial charge on any atom is -0.295 e. The summed E-state index contributed by atoms with van der Waals surface area (Å²) in [6.07, 6.45) is 0. The Morgan fingerprint density at radius 1 is 1.83 bits per heavy atom. The van der Waals surface area contributed by atoms with Gasteiger partial charge in [-0.05, 0) is 19.4 Å². The molecule has 1 nitrogen and oxygen atoms in total. The molecule has 0 saturated heterocycles. The van der Waals surface area contributed by atoms with Crippen LogP contribution >= 0.6 is 0 Å². The van der Waals surface area contributed by atoms with Gasteiger partial charge in [-0.1, -0.05) is 6.58 Å². The molecule has 0 aromatic heterocycles. The average Bonchev–Trinajstić information content (AvgIpc) is 1.36. The van der Waals surface area contributed by atoms with E-state index < -0.39 is 0 Å². The van der Waals surface area contributed by atoms with Gasteiger partial charge in [-0.3, -0.25) is 4.79 Å². The topological polar surface area (TPSA) is 17.1 Å². The maximum atomic E-state index is 9.92. The number of carbonyl (C=O) groups is 1. The molecule has 0 atom stereocenters. The number of carbonyl (C=O) groups excluding carboxylic acids is 1. The van der Waals surface area contributed by atoms with E-state index in [1.807, 2.05) is 0 Å². The van der Waals surface area contributed by atoms with Crippen molar-refractivity contribution >= 4 is 5.78 Å². The molecule has 0 unspecified atom stereocenters. The van der Waals surface area contributed by atoms with Gasteiger partial charge in [0.1, 0.15) is 0 Å². The summed E-state index contributed by atoms with van der Waals surface area (Å²) in [5, 5.41) is 0. The SMILES string of the molecule is [CH]=C([CH2])C(C)=O. The van der Waals surface area contributed by atoms with Crippen molar-refractivity contribution in [2.24, 2.45) is 0 Å². The Morgan fingerprint density at radius 2 is 2.00 bits per heavy atom. The van der Waals surface area contributed by atoms with Crippen LogP contribution < -0.4 is 0 Å². The number of Topliss-reactive ketones (excluding diaryl/α,β-unsaturated/α-hetero) is 1. The predicted molar refractivity (Wildman–Crippen MR) is 23.9 cm³/mol. The van der Waals surface area contributed by atoms with Crippen LogP contribution in [-0.2, 0) is 4.79 Å². The van der Waals surface area contributed by atoms with Gasteiger partial charge in [-0.15, -0.1) is 0 Å².